The van der Waals surface area contributed by atoms with E-state index < -0.39 is 5.97 Å². The van der Waals surface area contributed by atoms with Crippen molar-refractivity contribution >= 4 is 33.7 Å². The molecule has 3 rings (SSSR count). The maximum absolute atomic E-state index is 12.3. The Morgan fingerprint density at radius 1 is 1.14 bits per heavy atom. The molecule has 0 fully saturated rings. The third-order valence-electron chi connectivity index (χ3n) is 3.79. The van der Waals surface area contributed by atoms with Gasteiger partial charge in [0.1, 0.15) is 17.5 Å². The van der Waals surface area contributed by atoms with E-state index in [-0.39, 0.29) is 34.5 Å². The number of rotatable bonds is 4. The number of nitriles is 1. The van der Waals surface area contributed by atoms with Crippen molar-refractivity contribution in [2.24, 2.45) is 0 Å². The SMILES string of the molecule is COc1cc(-c2nc(N)nc(N)c2C#N)c(Br)cc1OC(=O)c1ccccc1. The molecule has 4 N–H and O–H groups in total. The first-order chi connectivity index (χ1) is 13.4. The molecule has 2 aromatic carbocycles. The zero-order valence-corrected chi connectivity index (χ0v) is 16.2. The van der Waals surface area contributed by atoms with Crippen LogP contribution in [0.1, 0.15) is 15.9 Å². The van der Waals surface area contributed by atoms with Crippen molar-refractivity contribution in [3.63, 3.8) is 0 Å². The molecular weight excluding hydrogens is 426 g/mol. The summed E-state index contributed by atoms with van der Waals surface area (Å²) in [7, 11) is 1.43. The fourth-order valence-corrected chi connectivity index (χ4v) is 3.00. The molecular formula is C19H14BrN5O3. The number of hydrogen-bond donors (Lipinski definition) is 2. The minimum atomic E-state index is -0.535. The number of esters is 1. The van der Waals surface area contributed by atoms with Crippen molar-refractivity contribution in [1.82, 2.24) is 9.97 Å². The summed E-state index contributed by atoms with van der Waals surface area (Å²) < 4.78 is 11.3. The monoisotopic (exact) mass is 439 g/mol. The van der Waals surface area contributed by atoms with Gasteiger partial charge in [-0.2, -0.15) is 10.2 Å². The van der Waals surface area contributed by atoms with Gasteiger partial charge in [0.15, 0.2) is 11.5 Å². The zero-order chi connectivity index (χ0) is 20.3. The zero-order valence-electron chi connectivity index (χ0n) is 14.6. The van der Waals surface area contributed by atoms with Crippen molar-refractivity contribution in [1.29, 1.82) is 5.26 Å². The molecule has 0 saturated carbocycles. The van der Waals surface area contributed by atoms with E-state index in [1.54, 1.807) is 42.5 Å². The van der Waals surface area contributed by atoms with Crippen LogP contribution < -0.4 is 20.9 Å². The standard InChI is InChI=1S/C19H14BrN5O3/c1-27-14-7-11(16-12(9-21)17(22)25-19(23)24-16)13(20)8-15(14)28-18(26)10-5-3-2-4-6-10/h2-8H,1H3,(H4,22,23,24,25). The lowest BCUT2D eigenvalue weighted by molar-refractivity contribution is 0.0729. The largest absolute Gasteiger partial charge is 0.493 e. The molecule has 8 nitrogen and oxygen atoms in total. The smallest absolute Gasteiger partial charge is 0.343 e. The number of nitrogen functional groups attached to an aromatic ring is 2. The Kier molecular flexibility index (Phi) is 5.42. The molecule has 0 unspecified atom stereocenters. The topological polar surface area (TPSA) is 137 Å². The Hall–Kier alpha value is -3.64. The van der Waals surface area contributed by atoms with E-state index in [1.807, 2.05) is 6.07 Å². The quantitative estimate of drug-likeness (QED) is 0.466. The van der Waals surface area contributed by atoms with Crippen molar-refractivity contribution < 1.29 is 14.3 Å². The maximum Gasteiger partial charge on any atom is 0.343 e. The minimum absolute atomic E-state index is 0.0320. The third-order valence-corrected chi connectivity index (χ3v) is 4.44. The van der Waals surface area contributed by atoms with E-state index in [4.69, 9.17) is 20.9 Å². The van der Waals surface area contributed by atoms with Crippen molar-refractivity contribution in [3.8, 4) is 28.8 Å². The molecule has 9 heteroatoms. The Balaban J connectivity index is 2.07. The number of hydrogen-bond acceptors (Lipinski definition) is 8. The second-order valence-electron chi connectivity index (χ2n) is 5.54. The maximum atomic E-state index is 12.3. The number of methoxy groups -OCH3 is 1. The first kappa shape index (κ1) is 19.1. The van der Waals surface area contributed by atoms with Crippen LogP contribution in [0.2, 0.25) is 0 Å². The van der Waals surface area contributed by atoms with E-state index in [2.05, 4.69) is 25.9 Å². The van der Waals surface area contributed by atoms with Crippen LogP contribution in [0.25, 0.3) is 11.3 Å². The van der Waals surface area contributed by atoms with Crippen molar-refractivity contribution in [3.05, 3.63) is 58.1 Å². The van der Waals surface area contributed by atoms with Gasteiger partial charge in [0.25, 0.3) is 0 Å². The summed E-state index contributed by atoms with van der Waals surface area (Å²) in [6.07, 6.45) is 0. The fourth-order valence-electron chi connectivity index (χ4n) is 2.49. The second kappa shape index (κ2) is 7.94. The molecule has 1 heterocycles. The van der Waals surface area contributed by atoms with E-state index in [0.717, 1.165) is 0 Å². The molecule has 0 aliphatic carbocycles. The average molecular weight is 440 g/mol. The number of anilines is 2. The van der Waals surface area contributed by atoms with Gasteiger partial charge < -0.3 is 20.9 Å². The highest BCUT2D eigenvalue weighted by Gasteiger charge is 2.20. The predicted octanol–water partition coefficient (Wildman–Crippen LogP) is 3.17. The van der Waals surface area contributed by atoms with Crippen LogP contribution in [0, 0.1) is 11.3 Å². The molecule has 28 heavy (non-hydrogen) atoms. The van der Waals surface area contributed by atoms with E-state index in [0.29, 0.717) is 15.6 Å². The fraction of sp³-hybridized carbons (Fsp3) is 0.0526. The third kappa shape index (κ3) is 3.72. The average Bonchev–Trinajstić information content (AvgIpc) is 2.68. The minimum Gasteiger partial charge on any atom is -0.493 e. The van der Waals surface area contributed by atoms with Gasteiger partial charge in [0, 0.05) is 10.0 Å². The van der Waals surface area contributed by atoms with Gasteiger partial charge >= 0.3 is 5.97 Å². The number of benzene rings is 2. The van der Waals surface area contributed by atoms with Gasteiger partial charge in [0.05, 0.1) is 18.4 Å². The molecule has 1 aromatic heterocycles. The van der Waals surface area contributed by atoms with Gasteiger partial charge in [0.2, 0.25) is 5.95 Å². The summed E-state index contributed by atoms with van der Waals surface area (Å²) in [5.41, 5.74) is 12.6. The number of carbonyl (C=O) groups is 1. The highest BCUT2D eigenvalue weighted by atomic mass is 79.9. The number of nitrogens with two attached hydrogens (primary N) is 2. The molecule has 0 amide bonds. The molecule has 0 radical (unpaired) electrons. The highest BCUT2D eigenvalue weighted by molar-refractivity contribution is 9.10. The molecule has 140 valence electrons. The van der Waals surface area contributed by atoms with Crippen LogP contribution in [0.4, 0.5) is 11.8 Å². The number of ether oxygens (including phenoxy) is 2. The van der Waals surface area contributed by atoms with Crippen LogP contribution in [-0.2, 0) is 0 Å². The van der Waals surface area contributed by atoms with Gasteiger partial charge in [-0.1, -0.05) is 18.2 Å². The number of nitrogens with zero attached hydrogens (tertiary/aromatic N) is 3. The van der Waals surface area contributed by atoms with Crippen LogP contribution in [-0.4, -0.2) is 23.0 Å². The highest BCUT2D eigenvalue weighted by Crippen LogP contribution is 2.40. The van der Waals surface area contributed by atoms with E-state index in [9.17, 15) is 10.1 Å². The van der Waals surface area contributed by atoms with Crippen LogP contribution >= 0.6 is 15.9 Å². The van der Waals surface area contributed by atoms with Gasteiger partial charge in [-0.3, -0.25) is 0 Å². The lowest BCUT2D eigenvalue weighted by atomic mass is 10.1. The molecule has 3 aromatic rings. The summed E-state index contributed by atoms with van der Waals surface area (Å²) in [4.78, 5) is 20.3. The molecule has 0 atom stereocenters. The first-order valence-electron chi connectivity index (χ1n) is 7.92. The Morgan fingerprint density at radius 3 is 2.50 bits per heavy atom. The van der Waals surface area contributed by atoms with Gasteiger partial charge in [-0.15, -0.1) is 0 Å². The van der Waals surface area contributed by atoms with Crippen molar-refractivity contribution in [2.75, 3.05) is 18.6 Å². The van der Waals surface area contributed by atoms with Gasteiger partial charge in [-0.05, 0) is 40.2 Å². The Bertz CT molecular complexity index is 1100. The first-order valence-corrected chi connectivity index (χ1v) is 8.72. The van der Waals surface area contributed by atoms with Gasteiger partial charge in [-0.25, -0.2) is 9.78 Å². The normalized spacial score (nSPS) is 10.2. The summed E-state index contributed by atoms with van der Waals surface area (Å²) in [6.45, 7) is 0. The Morgan fingerprint density at radius 2 is 1.86 bits per heavy atom. The van der Waals surface area contributed by atoms with Crippen LogP contribution in [0.5, 0.6) is 11.5 Å². The summed E-state index contributed by atoms with van der Waals surface area (Å²) in [6, 6.07) is 13.6. The molecule has 0 saturated heterocycles. The van der Waals surface area contributed by atoms with Crippen LogP contribution in [0.15, 0.2) is 46.9 Å². The molecule has 0 spiro atoms. The lowest BCUT2D eigenvalue weighted by Gasteiger charge is -2.14. The number of aromatic nitrogens is 2. The van der Waals surface area contributed by atoms with Crippen LogP contribution in [0.3, 0.4) is 0 Å². The van der Waals surface area contributed by atoms with E-state index in [1.165, 1.54) is 7.11 Å². The summed E-state index contributed by atoms with van der Waals surface area (Å²) >= 11 is 3.41. The Labute approximate surface area is 168 Å². The number of carbonyl (C=O) groups excluding carboxylic acids is 1. The summed E-state index contributed by atoms with van der Waals surface area (Å²) in [5.74, 6) is -0.179. The molecule has 0 aliphatic rings. The number of halogens is 1. The second-order valence-corrected chi connectivity index (χ2v) is 6.40. The lowest BCUT2D eigenvalue weighted by Crippen LogP contribution is -2.09. The van der Waals surface area contributed by atoms with E-state index >= 15 is 0 Å². The molecule has 0 bridgehead atoms. The predicted molar refractivity (Wildman–Crippen MR) is 107 cm³/mol. The van der Waals surface area contributed by atoms with Crippen molar-refractivity contribution in [2.45, 2.75) is 0 Å². The summed E-state index contributed by atoms with van der Waals surface area (Å²) in [5, 5.41) is 9.40. The molecule has 0 aliphatic heterocycles.